The van der Waals surface area contributed by atoms with E-state index < -0.39 is 0 Å². The zero-order chi connectivity index (χ0) is 17.8. The van der Waals surface area contributed by atoms with Gasteiger partial charge in [0.1, 0.15) is 0 Å². The number of benzene rings is 2. The topological polar surface area (TPSA) is 32.3 Å². The van der Waals surface area contributed by atoms with E-state index in [1.807, 2.05) is 30.3 Å². The minimum atomic E-state index is 0.0462. The molecule has 0 spiro atoms. The maximum Gasteiger partial charge on any atom is 0.228 e. The highest BCUT2D eigenvalue weighted by Crippen LogP contribution is 2.48. The molecular weight excluding hydrogens is 332 g/mol. The number of amides is 1. The summed E-state index contributed by atoms with van der Waals surface area (Å²) in [5.74, 6) is 0.437. The highest BCUT2D eigenvalue weighted by molar-refractivity contribution is 6.30. The Morgan fingerprint density at radius 2 is 1.92 bits per heavy atom. The molecule has 3 rings (SSSR count). The highest BCUT2D eigenvalue weighted by atomic mass is 35.5. The molecule has 0 aliphatic heterocycles. The quantitative estimate of drug-likeness (QED) is 0.763. The Kier molecular flexibility index (Phi) is 5.77. The van der Waals surface area contributed by atoms with Gasteiger partial charge in [-0.3, -0.25) is 9.69 Å². The predicted molar refractivity (Wildman–Crippen MR) is 104 cm³/mol. The lowest BCUT2D eigenvalue weighted by atomic mass is 10.1. The van der Waals surface area contributed by atoms with Gasteiger partial charge in [-0.05, 0) is 60.8 Å². The Morgan fingerprint density at radius 3 is 2.64 bits per heavy atom. The van der Waals surface area contributed by atoms with Crippen LogP contribution < -0.4 is 5.32 Å². The fourth-order valence-electron chi connectivity index (χ4n) is 3.28. The molecule has 3 nitrogen and oxygen atoms in total. The number of carbonyl (C=O) groups excluding carboxylic acids is 1. The maximum absolute atomic E-state index is 12.5. The van der Waals surface area contributed by atoms with E-state index >= 15 is 0 Å². The molecule has 0 radical (unpaired) electrons. The van der Waals surface area contributed by atoms with Crippen LogP contribution in [0.5, 0.6) is 0 Å². The van der Waals surface area contributed by atoms with Gasteiger partial charge in [-0.15, -0.1) is 0 Å². The molecule has 1 aliphatic carbocycles. The Balaban J connectivity index is 1.60. The smallest absolute Gasteiger partial charge is 0.228 e. The van der Waals surface area contributed by atoms with Crippen molar-refractivity contribution in [3.05, 3.63) is 64.7 Å². The average molecular weight is 357 g/mol. The van der Waals surface area contributed by atoms with E-state index in [0.29, 0.717) is 0 Å². The molecule has 0 heterocycles. The van der Waals surface area contributed by atoms with Crippen molar-refractivity contribution in [2.45, 2.75) is 32.7 Å². The van der Waals surface area contributed by atoms with Crippen LogP contribution in [0.3, 0.4) is 0 Å². The largest absolute Gasteiger partial charge is 0.326 e. The van der Waals surface area contributed by atoms with Crippen LogP contribution in [0, 0.1) is 5.92 Å². The van der Waals surface area contributed by atoms with Crippen molar-refractivity contribution in [1.82, 2.24) is 4.90 Å². The van der Waals surface area contributed by atoms with Gasteiger partial charge in [0, 0.05) is 23.2 Å². The molecule has 1 amide bonds. The second-order valence-corrected chi connectivity index (χ2v) is 7.09. The summed E-state index contributed by atoms with van der Waals surface area (Å²) in [7, 11) is 0. The van der Waals surface area contributed by atoms with Gasteiger partial charge in [0.2, 0.25) is 5.91 Å². The first-order chi connectivity index (χ1) is 12.1. The van der Waals surface area contributed by atoms with E-state index in [0.717, 1.165) is 42.3 Å². The zero-order valence-corrected chi connectivity index (χ0v) is 15.6. The minimum absolute atomic E-state index is 0.0462. The molecule has 2 aromatic rings. The monoisotopic (exact) mass is 356 g/mol. The molecule has 0 aromatic heterocycles. The molecule has 4 heteroatoms. The summed E-state index contributed by atoms with van der Waals surface area (Å²) in [6, 6.07) is 16.0. The number of hydrogen-bond donors (Lipinski definition) is 1. The van der Waals surface area contributed by atoms with Crippen molar-refractivity contribution >= 4 is 23.2 Å². The van der Waals surface area contributed by atoms with Crippen LogP contribution in [-0.2, 0) is 11.3 Å². The molecule has 1 N–H and O–H groups in total. The normalized spacial score (nSPS) is 19.0. The fourth-order valence-corrected chi connectivity index (χ4v) is 3.48. The van der Waals surface area contributed by atoms with E-state index in [9.17, 15) is 4.79 Å². The van der Waals surface area contributed by atoms with Gasteiger partial charge >= 0.3 is 0 Å². The van der Waals surface area contributed by atoms with E-state index in [1.54, 1.807) is 0 Å². The van der Waals surface area contributed by atoms with Crippen molar-refractivity contribution in [3.63, 3.8) is 0 Å². The maximum atomic E-state index is 12.5. The molecule has 132 valence electrons. The van der Waals surface area contributed by atoms with Crippen LogP contribution in [-0.4, -0.2) is 23.9 Å². The third-order valence-electron chi connectivity index (χ3n) is 4.90. The van der Waals surface area contributed by atoms with E-state index in [1.165, 1.54) is 5.56 Å². The number of halogens is 1. The van der Waals surface area contributed by atoms with E-state index in [-0.39, 0.29) is 17.7 Å². The summed E-state index contributed by atoms with van der Waals surface area (Å²) in [6.07, 6.45) is 0.894. The average Bonchev–Trinajstić information content (AvgIpc) is 3.41. The Labute approximate surface area is 155 Å². The predicted octanol–water partition coefficient (Wildman–Crippen LogP) is 4.92. The molecular formula is C21H25ClN2O. The minimum Gasteiger partial charge on any atom is -0.326 e. The molecule has 25 heavy (non-hydrogen) atoms. The van der Waals surface area contributed by atoms with Crippen molar-refractivity contribution < 1.29 is 4.79 Å². The summed E-state index contributed by atoms with van der Waals surface area (Å²) in [4.78, 5) is 14.9. The lowest BCUT2D eigenvalue weighted by Gasteiger charge is -2.18. The molecule has 0 saturated heterocycles. The van der Waals surface area contributed by atoms with Gasteiger partial charge in [-0.25, -0.2) is 0 Å². The summed E-state index contributed by atoms with van der Waals surface area (Å²) >= 11 is 6.05. The third kappa shape index (κ3) is 4.62. The van der Waals surface area contributed by atoms with Crippen LogP contribution in [0.4, 0.5) is 5.69 Å². The van der Waals surface area contributed by atoms with Gasteiger partial charge in [0.05, 0.1) is 0 Å². The van der Waals surface area contributed by atoms with Crippen LogP contribution in [0.25, 0.3) is 0 Å². The SMILES string of the molecule is CCN(CC)Cc1cccc(NC(=O)C2CC2c2cccc(Cl)c2)c1. The molecule has 2 aromatic carbocycles. The number of rotatable bonds is 7. The molecule has 0 bridgehead atoms. The number of nitrogens with one attached hydrogen (secondary N) is 1. The van der Waals surface area contributed by atoms with Gasteiger partial charge in [-0.1, -0.05) is 49.7 Å². The number of nitrogens with zero attached hydrogens (tertiary/aromatic N) is 1. The molecule has 1 saturated carbocycles. The molecule has 2 atom stereocenters. The molecule has 1 fully saturated rings. The standard InChI is InChI=1S/C21H25ClN2O/c1-3-24(4-2)14-15-7-5-10-18(11-15)23-21(25)20-13-19(20)16-8-6-9-17(22)12-16/h5-12,19-20H,3-4,13-14H2,1-2H3,(H,23,25). The Bertz CT molecular complexity index is 742. The van der Waals surface area contributed by atoms with Gasteiger partial charge < -0.3 is 5.32 Å². The van der Waals surface area contributed by atoms with Crippen LogP contribution >= 0.6 is 11.6 Å². The van der Waals surface area contributed by atoms with Gasteiger partial charge in [-0.2, -0.15) is 0 Å². The van der Waals surface area contributed by atoms with Crippen LogP contribution in [0.1, 0.15) is 37.3 Å². The lowest BCUT2D eigenvalue weighted by molar-refractivity contribution is -0.117. The number of hydrogen-bond acceptors (Lipinski definition) is 2. The first-order valence-corrected chi connectivity index (χ1v) is 9.36. The van der Waals surface area contributed by atoms with Crippen molar-refractivity contribution in [1.29, 1.82) is 0 Å². The van der Waals surface area contributed by atoms with Crippen molar-refractivity contribution in [2.24, 2.45) is 5.92 Å². The summed E-state index contributed by atoms with van der Waals surface area (Å²) < 4.78 is 0. The van der Waals surface area contributed by atoms with Crippen LogP contribution in [0.2, 0.25) is 5.02 Å². The lowest BCUT2D eigenvalue weighted by Crippen LogP contribution is -2.22. The fraction of sp³-hybridized carbons (Fsp3) is 0.381. The Morgan fingerprint density at radius 1 is 1.16 bits per heavy atom. The second kappa shape index (κ2) is 8.03. The summed E-state index contributed by atoms with van der Waals surface area (Å²) in [5, 5.41) is 3.81. The Hall–Kier alpha value is -1.84. The summed E-state index contributed by atoms with van der Waals surface area (Å²) in [5.41, 5.74) is 3.26. The second-order valence-electron chi connectivity index (χ2n) is 6.65. The zero-order valence-electron chi connectivity index (χ0n) is 14.8. The van der Waals surface area contributed by atoms with Gasteiger partial charge in [0.25, 0.3) is 0 Å². The van der Waals surface area contributed by atoms with E-state index in [4.69, 9.17) is 11.6 Å². The molecule has 1 aliphatic rings. The first-order valence-electron chi connectivity index (χ1n) is 8.98. The first kappa shape index (κ1) is 18.0. The van der Waals surface area contributed by atoms with Gasteiger partial charge in [0.15, 0.2) is 0 Å². The van der Waals surface area contributed by atoms with Crippen molar-refractivity contribution in [2.75, 3.05) is 18.4 Å². The van der Waals surface area contributed by atoms with Crippen LogP contribution in [0.15, 0.2) is 48.5 Å². The third-order valence-corrected chi connectivity index (χ3v) is 5.13. The molecule has 2 unspecified atom stereocenters. The van der Waals surface area contributed by atoms with Crippen molar-refractivity contribution in [3.8, 4) is 0 Å². The summed E-state index contributed by atoms with van der Waals surface area (Å²) in [6.45, 7) is 7.29. The highest BCUT2D eigenvalue weighted by Gasteiger charge is 2.43. The number of carbonyl (C=O) groups is 1. The number of anilines is 1. The van der Waals surface area contributed by atoms with E-state index in [2.05, 4.69) is 42.3 Å².